The van der Waals surface area contributed by atoms with E-state index in [-0.39, 0.29) is 12.0 Å². The summed E-state index contributed by atoms with van der Waals surface area (Å²) in [4.78, 5) is 0. The van der Waals surface area contributed by atoms with Crippen LogP contribution >= 0.6 is 0 Å². The lowest BCUT2D eigenvalue weighted by Gasteiger charge is -2.57. The summed E-state index contributed by atoms with van der Waals surface area (Å²) in [6.07, 6.45) is 11.2. The first-order valence-corrected chi connectivity index (χ1v) is 10.3. The van der Waals surface area contributed by atoms with Crippen molar-refractivity contribution in [3.63, 3.8) is 0 Å². The smallest absolute Gasteiger partial charge is 0.122 e. The molecule has 1 N–H and O–H groups in total. The maximum absolute atomic E-state index is 10.2. The van der Waals surface area contributed by atoms with Gasteiger partial charge in [0.2, 0.25) is 0 Å². The molecule has 0 aromatic rings. The molecule has 2 nitrogen and oxygen atoms in total. The zero-order chi connectivity index (χ0) is 17.8. The van der Waals surface area contributed by atoms with Crippen LogP contribution in [-0.4, -0.2) is 18.3 Å². The number of hydrogen-bond donors (Lipinski definition) is 1. The molecule has 2 saturated carbocycles. The van der Waals surface area contributed by atoms with Crippen LogP contribution in [-0.2, 0) is 4.74 Å². The monoisotopic (exact) mass is 342 g/mol. The molecule has 138 valence electrons. The highest BCUT2D eigenvalue weighted by Gasteiger charge is 2.56. The molecule has 5 atom stereocenters. The summed E-state index contributed by atoms with van der Waals surface area (Å²) in [5.41, 5.74) is 4.46. The minimum Gasteiger partial charge on any atom is -0.494 e. The first kappa shape index (κ1) is 17.4. The van der Waals surface area contributed by atoms with Crippen LogP contribution < -0.4 is 0 Å². The average Bonchev–Trinajstić information content (AvgIpc) is 2.97. The molecule has 0 amide bonds. The van der Waals surface area contributed by atoms with E-state index in [2.05, 4.69) is 26.5 Å². The number of allylic oxidation sites excluding steroid dienone is 3. The summed E-state index contributed by atoms with van der Waals surface area (Å²) in [6.45, 7) is 12.2. The van der Waals surface area contributed by atoms with Crippen LogP contribution in [0.2, 0.25) is 0 Å². The average molecular weight is 343 g/mol. The Morgan fingerprint density at radius 2 is 2.04 bits per heavy atom. The van der Waals surface area contributed by atoms with Crippen molar-refractivity contribution in [2.75, 3.05) is 13.2 Å². The molecular weight excluding hydrogens is 308 g/mol. The largest absolute Gasteiger partial charge is 0.494 e. The topological polar surface area (TPSA) is 29.5 Å². The molecule has 0 heterocycles. The number of aliphatic hydroxyl groups is 1. The van der Waals surface area contributed by atoms with Gasteiger partial charge in [0.1, 0.15) is 5.76 Å². The van der Waals surface area contributed by atoms with Gasteiger partial charge in [-0.15, -0.1) is 0 Å². The summed E-state index contributed by atoms with van der Waals surface area (Å²) in [5.74, 6) is 3.26. The van der Waals surface area contributed by atoms with E-state index in [4.69, 9.17) is 4.74 Å². The van der Waals surface area contributed by atoms with Crippen LogP contribution in [0.15, 0.2) is 35.1 Å². The van der Waals surface area contributed by atoms with Crippen molar-refractivity contribution in [2.45, 2.75) is 65.7 Å². The van der Waals surface area contributed by atoms with Gasteiger partial charge in [-0.05, 0) is 96.8 Å². The molecule has 2 fully saturated rings. The second-order valence-corrected chi connectivity index (χ2v) is 9.48. The second kappa shape index (κ2) is 6.01. The molecule has 0 radical (unpaired) electrons. The van der Waals surface area contributed by atoms with E-state index in [0.717, 1.165) is 41.9 Å². The van der Waals surface area contributed by atoms with Crippen molar-refractivity contribution in [2.24, 2.45) is 28.6 Å². The fraction of sp³-hybridized carbons (Fsp3) is 0.739. The van der Waals surface area contributed by atoms with Gasteiger partial charge < -0.3 is 9.84 Å². The van der Waals surface area contributed by atoms with Gasteiger partial charge >= 0.3 is 0 Å². The highest BCUT2D eigenvalue weighted by Crippen LogP contribution is 2.65. The van der Waals surface area contributed by atoms with Gasteiger partial charge in [-0.2, -0.15) is 0 Å². The maximum atomic E-state index is 10.2. The molecule has 4 rings (SSSR count). The lowest BCUT2D eigenvalue weighted by Crippen LogP contribution is -2.49. The van der Waals surface area contributed by atoms with Gasteiger partial charge in [-0.3, -0.25) is 0 Å². The van der Waals surface area contributed by atoms with Crippen molar-refractivity contribution < 1.29 is 9.84 Å². The van der Waals surface area contributed by atoms with E-state index in [1.165, 1.54) is 43.3 Å². The zero-order valence-corrected chi connectivity index (χ0v) is 16.2. The third-order valence-electron chi connectivity index (χ3n) is 8.21. The molecular formula is C23H34O2. The third kappa shape index (κ3) is 2.47. The number of aliphatic hydroxyl groups excluding tert-OH is 1. The Morgan fingerprint density at radius 1 is 1.24 bits per heavy atom. The van der Waals surface area contributed by atoms with Crippen molar-refractivity contribution >= 4 is 0 Å². The molecule has 0 aromatic carbocycles. The van der Waals surface area contributed by atoms with Gasteiger partial charge in [0.25, 0.3) is 0 Å². The second-order valence-electron chi connectivity index (χ2n) is 9.48. The van der Waals surface area contributed by atoms with Gasteiger partial charge in [-0.25, -0.2) is 0 Å². The van der Waals surface area contributed by atoms with E-state index in [1.54, 1.807) is 0 Å². The van der Waals surface area contributed by atoms with Crippen molar-refractivity contribution in [1.29, 1.82) is 0 Å². The highest BCUT2D eigenvalue weighted by molar-refractivity contribution is 5.47. The Balaban J connectivity index is 1.78. The predicted molar refractivity (Wildman–Crippen MR) is 102 cm³/mol. The van der Waals surface area contributed by atoms with Crippen LogP contribution in [0.1, 0.15) is 65.7 Å². The molecule has 0 aliphatic heterocycles. The van der Waals surface area contributed by atoms with Crippen molar-refractivity contribution in [3.8, 4) is 0 Å². The molecule has 4 aliphatic rings. The molecule has 4 aliphatic carbocycles. The summed E-state index contributed by atoms with van der Waals surface area (Å²) >= 11 is 0. The molecule has 0 unspecified atom stereocenters. The Labute approximate surface area is 153 Å². The molecule has 0 spiro atoms. The Hall–Kier alpha value is -1.02. The lowest BCUT2D eigenvalue weighted by atomic mass is 9.47. The number of rotatable bonds is 3. The Bertz CT molecular complexity index is 642. The fourth-order valence-corrected chi connectivity index (χ4v) is 7.06. The first-order valence-electron chi connectivity index (χ1n) is 10.3. The van der Waals surface area contributed by atoms with Crippen molar-refractivity contribution in [3.05, 3.63) is 35.1 Å². The molecule has 0 saturated heterocycles. The predicted octanol–water partition coefficient (Wildman–Crippen LogP) is 5.40. The number of ether oxygens (including phenoxy) is 1. The minimum atomic E-state index is 0.128. The number of hydrogen-bond acceptors (Lipinski definition) is 2. The van der Waals surface area contributed by atoms with Crippen molar-refractivity contribution in [1.82, 2.24) is 0 Å². The third-order valence-corrected chi connectivity index (χ3v) is 8.21. The van der Waals surface area contributed by atoms with E-state index in [1.807, 2.05) is 6.92 Å². The summed E-state index contributed by atoms with van der Waals surface area (Å²) in [6, 6.07) is 0. The van der Waals surface area contributed by atoms with E-state index < -0.39 is 0 Å². The normalized spacial score (nSPS) is 43.3. The molecule has 0 bridgehead atoms. The molecule has 25 heavy (non-hydrogen) atoms. The quantitative estimate of drug-likeness (QED) is 0.744. The zero-order valence-electron chi connectivity index (χ0n) is 16.2. The molecule has 2 heteroatoms. The Kier molecular flexibility index (Phi) is 4.18. The van der Waals surface area contributed by atoms with Gasteiger partial charge in [0, 0.05) is 0 Å². The summed E-state index contributed by atoms with van der Waals surface area (Å²) in [7, 11) is 0. The first-order chi connectivity index (χ1) is 11.9. The maximum Gasteiger partial charge on any atom is 0.122 e. The molecule has 0 aromatic heterocycles. The highest BCUT2D eigenvalue weighted by atomic mass is 16.5. The fourth-order valence-electron chi connectivity index (χ4n) is 7.06. The summed E-state index contributed by atoms with van der Waals surface area (Å²) in [5, 5.41) is 10.2. The lowest BCUT2D eigenvalue weighted by molar-refractivity contribution is -0.0206. The van der Waals surface area contributed by atoms with Crippen LogP contribution in [0.5, 0.6) is 0 Å². The van der Waals surface area contributed by atoms with Crippen LogP contribution in [0.25, 0.3) is 0 Å². The minimum absolute atomic E-state index is 0.128. The number of fused-ring (bicyclic) bond motifs is 5. The van der Waals surface area contributed by atoms with Crippen LogP contribution in [0.3, 0.4) is 0 Å². The van der Waals surface area contributed by atoms with E-state index >= 15 is 0 Å². The summed E-state index contributed by atoms with van der Waals surface area (Å²) < 4.78 is 5.85. The van der Waals surface area contributed by atoms with Crippen LogP contribution in [0, 0.1) is 28.6 Å². The van der Waals surface area contributed by atoms with Crippen LogP contribution in [0.4, 0.5) is 0 Å². The van der Waals surface area contributed by atoms with E-state index in [0.29, 0.717) is 12.0 Å². The standard InChI is InChI=1S/C23H34O2/c1-5-25-21-12-20-16(14-24)11-17-18-7-6-9-22(18,3)10-8-19(17)23(20,4)13-15(21)2/h12,17-19,24H,2,5-11,13-14H2,1,3-4H3/t17-,18-,19-,22-,23+/m0/s1. The van der Waals surface area contributed by atoms with E-state index in [9.17, 15) is 5.11 Å². The van der Waals surface area contributed by atoms with Gasteiger partial charge in [-0.1, -0.05) is 26.8 Å². The Morgan fingerprint density at radius 3 is 2.76 bits per heavy atom. The van der Waals surface area contributed by atoms with Gasteiger partial charge in [0.05, 0.1) is 13.2 Å². The van der Waals surface area contributed by atoms with Gasteiger partial charge in [0.15, 0.2) is 0 Å². The SMILES string of the molecule is C=C1C[C@@]2(C)C(=C(CO)C[C@H]3[C@@H]4CCC[C@@]4(C)CC[C@@H]32)C=C1OCC.